The van der Waals surface area contributed by atoms with Crippen LogP contribution in [0.25, 0.3) is 0 Å². The molecule has 1 atom stereocenters. The third-order valence-electron chi connectivity index (χ3n) is 3.78. The molecule has 0 saturated carbocycles. The fourth-order valence-corrected chi connectivity index (χ4v) is 2.39. The van der Waals surface area contributed by atoms with Crippen LogP contribution in [-0.2, 0) is 20.7 Å². The Kier molecular flexibility index (Phi) is 6.55. The van der Waals surface area contributed by atoms with E-state index in [1.54, 1.807) is 0 Å². The molecule has 0 aromatic heterocycles. The molecule has 2 amide bonds. The quantitative estimate of drug-likeness (QED) is 0.824. The van der Waals surface area contributed by atoms with Gasteiger partial charge < -0.3 is 20.7 Å². The largest absolute Gasteiger partial charge is 0.378 e. The van der Waals surface area contributed by atoms with Gasteiger partial charge in [0.2, 0.25) is 11.8 Å². The highest BCUT2D eigenvalue weighted by atomic mass is 16.5. The number of amides is 2. The molecule has 1 saturated heterocycles. The topological polar surface area (TPSA) is 84.7 Å². The second-order valence-electron chi connectivity index (χ2n) is 5.93. The molecule has 1 fully saturated rings. The molecule has 1 aliphatic heterocycles. The number of anilines is 1. The van der Waals surface area contributed by atoms with Crippen molar-refractivity contribution < 1.29 is 14.3 Å². The molecule has 23 heavy (non-hydrogen) atoms. The van der Waals surface area contributed by atoms with Crippen molar-refractivity contribution in [2.45, 2.75) is 32.2 Å². The Bertz CT molecular complexity index is 522. The van der Waals surface area contributed by atoms with Crippen LogP contribution in [0, 0.1) is 0 Å². The van der Waals surface area contributed by atoms with Gasteiger partial charge in [-0.15, -0.1) is 0 Å². The highest BCUT2D eigenvalue weighted by Gasteiger charge is 2.16. The van der Waals surface area contributed by atoms with E-state index >= 15 is 0 Å². The number of nitrogens with one attached hydrogen (secondary N) is 1. The van der Waals surface area contributed by atoms with Crippen molar-refractivity contribution in [1.82, 2.24) is 4.90 Å². The molecular formula is C17H25N3O3. The third-order valence-corrected chi connectivity index (χ3v) is 3.78. The highest BCUT2D eigenvalue weighted by Crippen LogP contribution is 2.12. The van der Waals surface area contributed by atoms with Gasteiger partial charge in [0.1, 0.15) is 0 Å². The van der Waals surface area contributed by atoms with E-state index in [2.05, 4.69) is 5.32 Å². The van der Waals surface area contributed by atoms with Crippen molar-refractivity contribution in [2.24, 2.45) is 5.73 Å². The molecule has 0 radical (unpaired) electrons. The normalized spacial score (nSPS) is 16.0. The van der Waals surface area contributed by atoms with Crippen LogP contribution in [0.2, 0.25) is 0 Å². The zero-order valence-corrected chi connectivity index (χ0v) is 13.6. The predicted octanol–water partition coefficient (Wildman–Crippen LogP) is 1.15. The van der Waals surface area contributed by atoms with Crippen molar-refractivity contribution >= 4 is 17.5 Å². The first-order valence-corrected chi connectivity index (χ1v) is 8.04. The summed E-state index contributed by atoms with van der Waals surface area (Å²) in [6.07, 6.45) is 1.45. The van der Waals surface area contributed by atoms with Crippen LogP contribution < -0.4 is 11.1 Å². The van der Waals surface area contributed by atoms with E-state index in [4.69, 9.17) is 10.5 Å². The highest BCUT2D eigenvalue weighted by molar-refractivity contribution is 5.90. The fourth-order valence-electron chi connectivity index (χ4n) is 2.39. The summed E-state index contributed by atoms with van der Waals surface area (Å²) >= 11 is 0. The molecular weight excluding hydrogens is 294 g/mol. The maximum Gasteiger partial charge on any atom is 0.227 e. The van der Waals surface area contributed by atoms with E-state index in [-0.39, 0.29) is 17.9 Å². The maximum absolute atomic E-state index is 12.2. The number of rotatable bonds is 6. The first kappa shape index (κ1) is 17.4. The van der Waals surface area contributed by atoms with E-state index in [1.807, 2.05) is 36.1 Å². The Morgan fingerprint density at radius 2 is 1.91 bits per heavy atom. The maximum atomic E-state index is 12.2. The first-order valence-electron chi connectivity index (χ1n) is 8.04. The number of morpholine rings is 1. The van der Waals surface area contributed by atoms with Gasteiger partial charge in [0.05, 0.1) is 19.6 Å². The number of nitrogens with zero attached hydrogens (tertiary/aromatic N) is 1. The van der Waals surface area contributed by atoms with E-state index in [0.717, 1.165) is 11.3 Å². The number of hydrogen-bond acceptors (Lipinski definition) is 4. The molecule has 0 spiro atoms. The first-order chi connectivity index (χ1) is 11.0. The third kappa shape index (κ3) is 6.00. The summed E-state index contributed by atoms with van der Waals surface area (Å²) in [5.74, 6) is 0.0708. The van der Waals surface area contributed by atoms with Gasteiger partial charge in [0.25, 0.3) is 0 Å². The number of carbonyl (C=O) groups excluding carboxylic acids is 2. The molecule has 1 aromatic carbocycles. The van der Waals surface area contributed by atoms with E-state index in [1.165, 1.54) is 0 Å². The second kappa shape index (κ2) is 8.64. The molecule has 0 bridgehead atoms. The van der Waals surface area contributed by atoms with Gasteiger partial charge in [-0.05, 0) is 31.0 Å². The average Bonchev–Trinajstić information content (AvgIpc) is 2.55. The lowest BCUT2D eigenvalue weighted by molar-refractivity contribution is -0.134. The minimum atomic E-state index is -0.0422. The van der Waals surface area contributed by atoms with Crippen molar-refractivity contribution in [2.75, 3.05) is 31.6 Å². The molecule has 6 heteroatoms. The summed E-state index contributed by atoms with van der Waals surface area (Å²) in [5, 5.41) is 2.83. The Morgan fingerprint density at radius 1 is 1.26 bits per heavy atom. The van der Waals surface area contributed by atoms with Gasteiger partial charge >= 0.3 is 0 Å². The molecule has 126 valence electrons. The van der Waals surface area contributed by atoms with Crippen molar-refractivity contribution in [3.05, 3.63) is 29.8 Å². The van der Waals surface area contributed by atoms with Gasteiger partial charge in [-0.2, -0.15) is 0 Å². The van der Waals surface area contributed by atoms with Crippen LogP contribution in [0.4, 0.5) is 5.69 Å². The second-order valence-corrected chi connectivity index (χ2v) is 5.93. The zero-order chi connectivity index (χ0) is 16.7. The van der Waals surface area contributed by atoms with Gasteiger partial charge in [-0.3, -0.25) is 9.59 Å². The van der Waals surface area contributed by atoms with Crippen molar-refractivity contribution in [3.8, 4) is 0 Å². The Balaban J connectivity index is 1.81. The predicted molar refractivity (Wildman–Crippen MR) is 89.1 cm³/mol. The Labute approximate surface area is 137 Å². The summed E-state index contributed by atoms with van der Waals surface area (Å²) in [7, 11) is 0. The number of nitrogens with two attached hydrogens (primary N) is 1. The summed E-state index contributed by atoms with van der Waals surface area (Å²) in [5.41, 5.74) is 7.32. The monoisotopic (exact) mass is 319 g/mol. The van der Waals surface area contributed by atoms with Crippen LogP contribution in [0.3, 0.4) is 0 Å². The molecule has 1 unspecified atom stereocenters. The summed E-state index contributed by atoms with van der Waals surface area (Å²) in [6, 6.07) is 7.42. The summed E-state index contributed by atoms with van der Waals surface area (Å²) in [6.45, 7) is 4.42. The molecule has 3 N–H and O–H groups in total. The number of carbonyl (C=O) groups is 2. The molecule has 2 rings (SSSR count). The van der Waals surface area contributed by atoms with Gasteiger partial charge in [-0.25, -0.2) is 0 Å². The van der Waals surface area contributed by atoms with E-state index < -0.39 is 0 Å². The van der Waals surface area contributed by atoms with Crippen molar-refractivity contribution in [3.63, 3.8) is 0 Å². The lowest BCUT2D eigenvalue weighted by Gasteiger charge is -2.26. The molecule has 0 aliphatic carbocycles. The van der Waals surface area contributed by atoms with Crippen LogP contribution in [-0.4, -0.2) is 49.1 Å². The summed E-state index contributed by atoms with van der Waals surface area (Å²) in [4.78, 5) is 25.7. The number of benzene rings is 1. The Morgan fingerprint density at radius 3 is 2.52 bits per heavy atom. The summed E-state index contributed by atoms with van der Waals surface area (Å²) < 4.78 is 5.25. The lowest BCUT2D eigenvalue weighted by Crippen LogP contribution is -2.41. The minimum Gasteiger partial charge on any atom is -0.378 e. The van der Waals surface area contributed by atoms with Crippen LogP contribution >= 0.6 is 0 Å². The Hall–Kier alpha value is -1.92. The van der Waals surface area contributed by atoms with Crippen LogP contribution in [0.1, 0.15) is 25.3 Å². The zero-order valence-electron chi connectivity index (χ0n) is 13.6. The smallest absolute Gasteiger partial charge is 0.227 e. The van der Waals surface area contributed by atoms with Gasteiger partial charge in [-0.1, -0.05) is 12.1 Å². The standard InChI is InChI=1S/C17H25N3O3/c1-13(18)2-7-16(21)19-15-5-3-14(4-6-15)12-17(22)20-8-10-23-11-9-20/h3-6,13H,2,7-12,18H2,1H3,(H,19,21). The molecule has 1 heterocycles. The van der Waals surface area contributed by atoms with Crippen molar-refractivity contribution in [1.29, 1.82) is 0 Å². The van der Waals surface area contributed by atoms with Crippen LogP contribution in [0.5, 0.6) is 0 Å². The minimum absolute atomic E-state index is 0.0225. The average molecular weight is 319 g/mol. The van der Waals surface area contributed by atoms with E-state index in [0.29, 0.717) is 45.6 Å². The molecule has 1 aromatic rings. The SMILES string of the molecule is CC(N)CCC(=O)Nc1ccc(CC(=O)N2CCOCC2)cc1. The van der Waals surface area contributed by atoms with Gasteiger partial charge in [0, 0.05) is 31.2 Å². The number of ether oxygens (including phenoxy) is 1. The van der Waals surface area contributed by atoms with Gasteiger partial charge in [0.15, 0.2) is 0 Å². The molecule has 1 aliphatic rings. The fraction of sp³-hybridized carbons (Fsp3) is 0.529. The number of hydrogen-bond donors (Lipinski definition) is 2. The molecule has 6 nitrogen and oxygen atoms in total. The lowest BCUT2D eigenvalue weighted by atomic mass is 10.1. The van der Waals surface area contributed by atoms with Crippen LogP contribution in [0.15, 0.2) is 24.3 Å². The van der Waals surface area contributed by atoms with E-state index in [9.17, 15) is 9.59 Å².